The molecule has 2 rings (SSSR count). The Morgan fingerprint density at radius 2 is 1.90 bits per heavy atom. The second kappa shape index (κ2) is 7.32. The van der Waals surface area contributed by atoms with Gasteiger partial charge in [0.25, 0.3) is 5.91 Å². The summed E-state index contributed by atoms with van der Waals surface area (Å²) in [5, 5.41) is 6.43. The fourth-order valence-corrected chi connectivity index (χ4v) is 2.84. The van der Waals surface area contributed by atoms with E-state index in [1.54, 1.807) is 0 Å². The molecule has 0 radical (unpaired) electrons. The lowest BCUT2D eigenvalue weighted by molar-refractivity contribution is 0.0944. The van der Waals surface area contributed by atoms with Crippen LogP contribution in [0.3, 0.4) is 0 Å². The number of nitrogens with one attached hydrogen (secondary N) is 2. The fraction of sp³-hybridized carbons (Fsp3) is 0.588. The van der Waals surface area contributed by atoms with Crippen LogP contribution >= 0.6 is 0 Å². The van der Waals surface area contributed by atoms with Crippen molar-refractivity contribution in [3.05, 3.63) is 29.8 Å². The van der Waals surface area contributed by atoms with E-state index in [2.05, 4.69) is 24.5 Å². The van der Waals surface area contributed by atoms with E-state index in [0.717, 1.165) is 17.8 Å². The number of hydrogen-bond acceptors (Lipinski definition) is 2. The van der Waals surface area contributed by atoms with Crippen LogP contribution in [0, 0.1) is 5.92 Å². The minimum Gasteiger partial charge on any atom is -0.382 e. The maximum atomic E-state index is 12.3. The molecule has 3 nitrogen and oxygen atoms in total. The molecule has 0 bridgehead atoms. The predicted molar refractivity (Wildman–Crippen MR) is 84.1 cm³/mol. The van der Waals surface area contributed by atoms with E-state index >= 15 is 0 Å². The van der Waals surface area contributed by atoms with E-state index in [4.69, 9.17) is 0 Å². The maximum absolute atomic E-state index is 12.3. The summed E-state index contributed by atoms with van der Waals surface area (Å²) in [6.45, 7) is 4.97. The molecule has 1 aliphatic rings. The Balaban J connectivity index is 1.94. The summed E-state index contributed by atoms with van der Waals surface area (Å²) < 4.78 is 0. The molecular formula is C17H26N2O. The summed E-state index contributed by atoms with van der Waals surface area (Å²) in [6, 6.07) is 8.06. The molecule has 20 heavy (non-hydrogen) atoms. The topological polar surface area (TPSA) is 41.1 Å². The minimum absolute atomic E-state index is 0.0410. The van der Waals surface area contributed by atoms with E-state index in [1.165, 1.54) is 32.1 Å². The van der Waals surface area contributed by atoms with E-state index in [0.29, 0.717) is 12.0 Å². The lowest BCUT2D eigenvalue weighted by atomic mass is 9.89. The van der Waals surface area contributed by atoms with Gasteiger partial charge < -0.3 is 10.6 Å². The molecule has 3 heteroatoms. The maximum Gasteiger partial charge on any atom is 0.253 e. The molecule has 0 atom stereocenters. The lowest BCUT2D eigenvalue weighted by Crippen LogP contribution is -2.31. The van der Waals surface area contributed by atoms with Gasteiger partial charge in [0.1, 0.15) is 0 Å². The van der Waals surface area contributed by atoms with Crippen molar-refractivity contribution in [2.45, 2.75) is 52.0 Å². The second-order valence-corrected chi connectivity index (χ2v) is 6.06. The molecule has 1 aromatic carbocycles. The van der Waals surface area contributed by atoms with Crippen LogP contribution in [0.5, 0.6) is 0 Å². The predicted octanol–water partition coefficient (Wildman–Crippen LogP) is 3.82. The standard InChI is InChI=1S/C17H26N2O/c1-13(2)19-16-11-7-6-10-15(16)17(20)18-12-14-8-4-3-5-9-14/h6-7,10-11,13-14,19H,3-5,8-9,12H2,1-2H3,(H,18,20). The zero-order valence-electron chi connectivity index (χ0n) is 12.6. The van der Waals surface area contributed by atoms with E-state index < -0.39 is 0 Å². The van der Waals surface area contributed by atoms with Crippen LogP contribution < -0.4 is 10.6 Å². The number of carbonyl (C=O) groups is 1. The van der Waals surface area contributed by atoms with Crippen molar-refractivity contribution in [2.75, 3.05) is 11.9 Å². The molecule has 1 amide bonds. The summed E-state index contributed by atoms with van der Waals surface area (Å²) in [5.41, 5.74) is 1.67. The molecule has 0 spiro atoms. The van der Waals surface area contributed by atoms with E-state index in [1.807, 2.05) is 24.3 Å². The van der Waals surface area contributed by atoms with Gasteiger partial charge in [-0.05, 0) is 44.7 Å². The number of para-hydroxylation sites is 1. The van der Waals surface area contributed by atoms with Crippen molar-refractivity contribution >= 4 is 11.6 Å². The smallest absolute Gasteiger partial charge is 0.253 e. The quantitative estimate of drug-likeness (QED) is 0.857. The zero-order chi connectivity index (χ0) is 14.4. The largest absolute Gasteiger partial charge is 0.382 e. The normalized spacial score (nSPS) is 16.1. The summed E-state index contributed by atoms with van der Waals surface area (Å²) in [4.78, 5) is 12.3. The molecular weight excluding hydrogens is 248 g/mol. The Hall–Kier alpha value is -1.51. The number of carbonyl (C=O) groups excluding carboxylic acids is 1. The van der Waals surface area contributed by atoms with Gasteiger partial charge in [-0.2, -0.15) is 0 Å². The monoisotopic (exact) mass is 274 g/mol. The van der Waals surface area contributed by atoms with Crippen LogP contribution in [0.4, 0.5) is 5.69 Å². The highest BCUT2D eigenvalue weighted by Gasteiger charge is 2.16. The van der Waals surface area contributed by atoms with Crippen molar-refractivity contribution in [3.8, 4) is 0 Å². The van der Waals surface area contributed by atoms with Crippen LogP contribution in [0.25, 0.3) is 0 Å². The number of amides is 1. The number of benzene rings is 1. The highest BCUT2D eigenvalue weighted by Crippen LogP contribution is 2.23. The van der Waals surface area contributed by atoms with Gasteiger partial charge in [-0.1, -0.05) is 31.4 Å². The third kappa shape index (κ3) is 4.26. The van der Waals surface area contributed by atoms with Crippen molar-refractivity contribution in [1.29, 1.82) is 0 Å². The number of hydrogen-bond donors (Lipinski definition) is 2. The van der Waals surface area contributed by atoms with Gasteiger partial charge >= 0.3 is 0 Å². The fourth-order valence-electron chi connectivity index (χ4n) is 2.84. The number of rotatable bonds is 5. The van der Waals surface area contributed by atoms with Crippen LogP contribution in [-0.2, 0) is 0 Å². The molecule has 2 N–H and O–H groups in total. The van der Waals surface area contributed by atoms with Crippen molar-refractivity contribution in [1.82, 2.24) is 5.32 Å². The summed E-state index contributed by atoms with van der Waals surface area (Å²) in [7, 11) is 0. The van der Waals surface area contributed by atoms with Gasteiger partial charge in [0.2, 0.25) is 0 Å². The molecule has 1 aliphatic carbocycles. The first-order valence-corrected chi connectivity index (χ1v) is 7.80. The Bertz CT molecular complexity index is 436. The second-order valence-electron chi connectivity index (χ2n) is 6.06. The van der Waals surface area contributed by atoms with Crippen LogP contribution in [0.2, 0.25) is 0 Å². The van der Waals surface area contributed by atoms with Crippen molar-refractivity contribution in [2.24, 2.45) is 5.92 Å². The average molecular weight is 274 g/mol. The van der Waals surface area contributed by atoms with Gasteiger partial charge in [0.15, 0.2) is 0 Å². The third-order valence-electron chi connectivity index (χ3n) is 3.89. The van der Waals surface area contributed by atoms with E-state index in [-0.39, 0.29) is 5.91 Å². The molecule has 0 saturated heterocycles. The van der Waals surface area contributed by atoms with Crippen LogP contribution in [0.15, 0.2) is 24.3 Å². The molecule has 1 saturated carbocycles. The molecule has 0 aliphatic heterocycles. The Labute approximate surface area is 122 Å². The Morgan fingerprint density at radius 1 is 1.20 bits per heavy atom. The molecule has 0 heterocycles. The molecule has 1 aromatic rings. The van der Waals surface area contributed by atoms with Gasteiger partial charge in [-0.3, -0.25) is 4.79 Å². The number of anilines is 1. The zero-order valence-corrected chi connectivity index (χ0v) is 12.6. The lowest BCUT2D eigenvalue weighted by Gasteiger charge is -2.22. The molecule has 1 fully saturated rings. The van der Waals surface area contributed by atoms with Gasteiger partial charge in [-0.15, -0.1) is 0 Å². The first-order chi connectivity index (χ1) is 9.66. The van der Waals surface area contributed by atoms with Crippen LogP contribution in [-0.4, -0.2) is 18.5 Å². The minimum atomic E-state index is 0.0410. The van der Waals surface area contributed by atoms with Crippen molar-refractivity contribution in [3.63, 3.8) is 0 Å². The third-order valence-corrected chi connectivity index (χ3v) is 3.89. The van der Waals surface area contributed by atoms with Gasteiger partial charge in [0, 0.05) is 18.3 Å². The Morgan fingerprint density at radius 3 is 2.60 bits per heavy atom. The van der Waals surface area contributed by atoms with Crippen molar-refractivity contribution < 1.29 is 4.79 Å². The van der Waals surface area contributed by atoms with E-state index in [9.17, 15) is 4.79 Å². The van der Waals surface area contributed by atoms with Gasteiger partial charge in [0.05, 0.1) is 5.56 Å². The first-order valence-electron chi connectivity index (χ1n) is 7.80. The highest BCUT2D eigenvalue weighted by molar-refractivity contribution is 5.99. The molecule has 0 aromatic heterocycles. The summed E-state index contributed by atoms with van der Waals surface area (Å²) in [6.07, 6.45) is 6.49. The SMILES string of the molecule is CC(C)Nc1ccccc1C(=O)NCC1CCCCC1. The molecule has 110 valence electrons. The van der Waals surface area contributed by atoms with Gasteiger partial charge in [-0.25, -0.2) is 0 Å². The summed E-state index contributed by atoms with van der Waals surface area (Å²) >= 11 is 0. The highest BCUT2D eigenvalue weighted by atomic mass is 16.1. The molecule has 0 unspecified atom stereocenters. The average Bonchev–Trinajstić information content (AvgIpc) is 2.46. The van der Waals surface area contributed by atoms with Crippen LogP contribution in [0.1, 0.15) is 56.3 Å². The summed E-state index contributed by atoms with van der Waals surface area (Å²) in [5.74, 6) is 0.706. The first kappa shape index (κ1) is 14.9. The Kier molecular flexibility index (Phi) is 5.45.